The van der Waals surface area contributed by atoms with Gasteiger partial charge in [-0.3, -0.25) is 10.2 Å². The number of nitrogens with one attached hydrogen (secondary N) is 2. The van der Waals surface area contributed by atoms with Crippen molar-refractivity contribution in [3.8, 4) is 11.4 Å². The Morgan fingerprint density at radius 3 is 1.50 bits per heavy atom. The van der Waals surface area contributed by atoms with Gasteiger partial charge in [-0.1, -0.05) is 26.7 Å². The zero-order valence-electron chi connectivity index (χ0n) is 13.1. The van der Waals surface area contributed by atoms with Gasteiger partial charge in [0, 0.05) is 11.4 Å². The summed E-state index contributed by atoms with van der Waals surface area (Å²) in [5.41, 5.74) is 7.00. The molecule has 2 rings (SSSR count). The quantitative estimate of drug-likeness (QED) is 0.798. The number of hydrogen-bond acceptors (Lipinski definition) is 2. The SMILES string of the molecule is CCCCc1[nH]nc(-c2n[nH]c(CCCC)c2C)c1C. The van der Waals surface area contributed by atoms with Crippen LogP contribution in [0.5, 0.6) is 0 Å². The van der Waals surface area contributed by atoms with Gasteiger partial charge in [-0.05, 0) is 50.7 Å². The molecule has 4 nitrogen and oxygen atoms in total. The fourth-order valence-corrected chi connectivity index (χ4v) is 2.52. The van der Waals surface area contributed by atoms with Crippen LogP contribution in [0.4, 0.5) is 0 Å². The molecule has 0 saturated heterocycles. The van der Waals surface area contributed by atoms with E-state index in [0.29, 0.717) is 0 Å². The molecule has 2 N–H and O–H groups in total. The van der Waals surface area contributed by atoms with Gasteiger partial charge in [0.1, 0.15) is 11.4 Å². The van der Waals surface area contributed by atoms with E-state index < -0.39 is 0 Å². The van der Waals surface area contributed by atoms with E-state index in [9.17, 15) is 0 Å². The standard InChI is InChI=1S/C16H26N4/c1-5-7-9-13-11(3)15(19-17-13)16-12(4)14(18-20-16)10-8-6-2/h5-10H2,1-4H3,(H,17,19)(H,18,20). The van der Waals surface area contributed by atoms with Crippen molar-refractivity contribution in [2.45, 2.75) is 66.2 Å². The number of unbranched alkanes of at least 4 members (excludes halogenated alkanes) is 2. The van der Waals surface area contributed by atoms with Gasteiger partial charge >= 0.3 is 0 Å². The molecule has 0 radical (unpaired) electrons. The summed E-state index contributed by atoms with van der Waals surface area (Å²) in [6.07, 6.45) is 6.95. The highest BCUT2D eigenvalue weighted by Crippen LogP contribution is 2.27. The van der Waals surface area contributed by atoms with E-state index in [-0.39, 0.29) is 0 Å². The van der Waals surface area contributed by atoms with Crippen LogP contribution in [0.15, 0.2) is 0 Å². The first kappa shape index (κ1) is 14.8. The van der Waals surface area contributed by atoms with Crippen LogP contribution >= 0.6 is 0 Å². The van der Waals surface area contributed by atoms with Crippen molar-refractivity contribution in [3.63, 3.8) is 0 Å². The molecule has 0 amide bonds. The third-order valence-corrected chi connectivity index (χ3v) is 4.01. The average Bonchev–Trinajstić information content (AvgIpc) is 2.98. The molecule has 4 heteroatoms. The predicted octanol–water partition coefficient (Wildman–Crippen LogP) is 4.10. The van der Waals surface area contributed by atoms with Gasteiger partial charge in [-0.15, -0.1) is 0 Å². The second-order valence-corrected chi connectivity index (χ2v) is 5.56. The summed E-state index contributed by atoms with van der Waals surface area (Å²) in [4.78, 5) is 0. The molecular formula is C16H26N4. The Balaban J connectivity index is 2.23. The maximum Gasteiger partial charge on any atom is 0.116 e. The van der Waals surface area contributed by atoms with Gasteiger partial charge in [-0.25, -0.2) is 0 Å². The normalized spacial score (nSPS) is 11.2. The zero-order valence-corrected chi connectivity index (χ0v) is 13.1. The Kier molecular flexibility index (Phi) is 4.99. The summed E-state index contributed by atoms with van der Waals surface area (Å²) in [6.45, 7) is 8.71. The van der Waals surface area contributed by atoms with Crippen molar-refractivity contribution < 1.29 is 0 Å². The van der Waals surface area contributed by atoms with Crippen LogP contribution in [-0.4, -0.2) is 20.4 Å². The third-order valence-electron chi connectivity index (χ3n) is 4.01. The topological polar surface area (TPSA) is 57.4 Å². The second-order valence-electron chi connectivity index (χ2n) is 5.56. The molecule has 0 aliphatic heterocycles. The summed E-state index contributed by atoms with van der Waals surface area (Å²) < 4.78 is 0. The van der Waals surface area contributed by atoms with Crippen LogP contribution in [0.3, 0.4) is 0 Å². The molecule has 0 spiro atoms. The van der Waals surface area contributed by atoms with Crippen molar-refractivity contribution in [1.29, 1.82) is 0 Å². The molecule has 20 heavy (non-hydrogen) atoms. The number of aromatic amines is 2. The molecule has 2 heterocycles. The van der Waals surface area contributed by atoms with E-state index in [4.69, 9.17) is 0 Å². The maximum absolute atomic E-state index is 4.49. The Morgan fingerprint density at radius 2 is 1.15 bits per heavy atom. The van der Waals surface area contributed by atoms with Gasteiger partial charge in [0.05, 0.1) is 0 Å². The summed E-state index contributed by atoms with van der Waals surface area (Å²) in [7, 11) is 0. The van der Waals surface area contributed by atoms with Crippen LogP contribution in [0.25, 0.3) is 11.4 Å². The largest absolute Gasteiger partial charge is 0.282 e. The molecule has 0 aromatic carbocycles. The van der Waals surface area contributed by atoms with Crippen LogP contribution < -0.4 is 0 Å². The Morgan fingerprint density at radius 1 is 0.750 bits per heavy atom. The molecule has 0 atom stereocenters. The van der Waals surface area contributed by atoms with Crippen molar-refractivity contribution in [1.82, 2.24) is 20.4 Å². The Bertz CT molecular complexity index is 501. The van der Waals surface area contributed by atoms with Gasteiger partial charge in [0.25, 0.3) is 0 Å². The van der Waals surface area contributed by atoms with Crippen molar-refractivity contribution in [3.05, 3.63) is 22.5 Å². The van der Waals surface area contributed by atoms with E-state index in [1.54, 1.807) is 0 Å². The minimum atomic E-state index is 1.01. The van der Waals surface area contributed by atoms with E-state index in [1.165, 1.54) is 48.2 Å². The first-order chi connectivity index (χ1) is 9.69. The fraction of sp³-hybridized carbons (Fsp3) is 0.625. The number of nitrogens with zero attached hydrogens (tertiary/aromatic N) is 2. The number of H-pyrrole nitrogens is 2. The fourth-order valence-electron chi connectivity index (χ4n) is 2.52. The molecule has 0 aliphatic carbocycles. The second kappa shape index (κ2) is 6.73. The van der Waals surface area contributed by atoms with E-state index in [0.717, 1.165) is 24.2 Å². The lowest BCUT2D eigenvalue weighted by atomic mass is 10.0. The van der Waals surface area contributed by atoms with Gasteiger partial charge in [0.15, 0.2) is 0 Å². The molecule has 2 aromatic rings. The third kappa shape index (κ3) is 2.94. The summed E-state index contributed by atoms with van der Waals surface area (Å²) in [6, 6.07) is 0. The van der Waals surface area contributed by atoms with Gasteiger partial charge in [-0.2, -0.15) is 10.2 Å². The highest BCUT2D eigenvalue weighted by Gasteiger charge is 2.17. The molecule has 2 aromatic heterocycles. The monoisotopic (exact) mass is 274 g/mol. The van der Waals surface area contributed by atoms with Crippen LogP contribution in [0.1, 0.15) is 62.0 Å². The highest BCUT2D eigenvalue weighted by molar-refractivity contribution is 5.63. The molecular weight excluding hydrogens is 248 g/mol. The summed E-state index contributed by atoms with van der Waals surface area (Å²) >= 11 is 0. The molecule has 0 unspecified atom stereocenters. The number of aromatic nitrogens is 4. The number of aryl methyl sites for hydroxylation is 2. The van der Waals surface area contributed by atoms with Gasteiger partial charge in [0.2, 0.25) is 0 Å². The number of rotatable bonds is 7. The molecule has 110 valence electrons. The van der Waals surface area contributed by atoms with E-state index in [2.05, 4.69) is 48.1 Å². The average molecular weight is 274 g/mol. The molecule has 0 fully saturated rings. The first-order valence-corrected chi connectivity index (χ1v) is 7.77. The lowest BCUT2D eigenvalue weighted by Crippen LogP contribution is -1.89. The smallest absolute Gasteiger partial charge is 0.116 e. The first-order valence-electron chi connectivity index (χ1n) is 7.77. The maximum atomic E-state index is 4.49. The number of hydrogen-bond donors (Lipinski definition) is 2. The summed E-state index contributed by atoms with van der Waals surface area (Å²) in [5, 5.41) is 15.3. The molecule has 0 bridgehead atoms. The minimum absolute atomic E-state index is 1.01. The van der Waals surface area contributed by atoms with Crippen molar-refractivity contribution >= 4 is 0 Å². The van der Waals surface area contributed by atoms with Crippen molar-refractivity contribution in [2.75, 3.05) is 0 Å². The van der Waals surface area contributed by atoms with Gasteiger partial charge < -0.3 is 0 Å². The van der Waals surface area contributed by atoms with Crippen LogP contribution in [0, 0.1) is 13.8 Å². The Labute approximate surface area is 121 Å². The minimum Gasteiger partial charge on any atom is -0.282 e. The molecule has 0 saturated carbocycles. The van der Waals surface area contributed by atoms with E-state index >= 15 is 0 Å². The predicted molar refractivity (Wildman–Crippen MR) is 82.9 cm³/mol. The lowest BCUT2D eigenvalue weighted by molar-refractivity contribution is 0.768. The highest BCUT2D eigenvalue weighted by atomic mass is 15.2. The lowest BCUT2D eigenvalue weighted by Gasteiger charge is -2.00. The molecule has 0 aliphatic rings. The Hall–Kier alpha value is -1.58. The van der Waals surface area contributed by atoms with Crippen molar-refractivity contribution in [2.24, 2.45) is 0 Å². The van der Waals surface area contributed by atoms with Crippen LogP contribution in [0.2, 0.25) is 0 Å². The zero-order chi connectivity index (χ0) is 14.5. The van der Waals surface area contributed by atoms with Crippen LogP contribution in [-0.2, 0) is 12.8 Å². The van der Waals surface area contributed by atoms with E-state index in [1.807, 2.05) is 0 Å². The summed E-state index contributed by atoms with van der Waals surface area (Å²) in [5.74, 6) is 0.